The van der Waals surface area contributed by atoms with Crippen LogP contribution in [0, 0.1) is 5.92 Å². The topological polar surface area (TPSA) is 116 Å². The molecule has 2 heterocycles. The zero-order valence-corrected chi connectivity index (χ0v) is 14.7. The van der Waals surface area contributed by atoms with Crippen LogP contribution in [0.25, 0.3) is 0 Å². The maximum Gasteiger partial charge on any atom is 0.248 e. The predicted molar refractivity (Wildman–Crippen MR) is 90.6 cm³/mol. The maximum atomic E-state index is 12.0. The van der Waals surface area contributed by atoms with Gasteiger partial charge in [0.1, 0.15) is 12.2 Å². The SMILES string of the molecule is CCOc1cc(C2C(C(N)=O)C(C)=Nc3ncnn32)cc(Br)c1O. The minimum absolute atomic E-state index is 0.00348. The molecule has 2 atom stereocenters. The van der Waals surface area contributed by atoms with Crippen molar-refractivity contribution in [2.75, 3.05) is 6.61 Å². The highest BCUT2D eigenvalue weighted by atomic mass is 79.9. The van der Waals surface area contributed by atoms with Gasteiger partial charge >= 0.3 is 0 Å². The Morgan fingerprint density at radius 2 is 2.25 bits per heavy atom. The van der Waals surface area contributed by atoms with Gasteiger partial charge in [0.25, 0.3) is 0 Å². The molecule has 2 unspecified atom stereocenters. The molecule has 0 spiro atoms. The van der Waals surface area contributed by atoms with Crippen molar-refractivity contribution < 1.29 is 14.6 Å². The van der Waals surface area contributed by atoms with Gasteiger partial charge in [-0.3, -0.25) is 4.79 Å². The molecule has 1 aliphatic rings. The third-order valence-electron chi connectivity index (χ3n) is 3.86. The van der Waals surface area contributed by atoms with Crippen LogP contribution < -0.4 is 10.5 Å². The number of aromatic nitrogens is 3. The minimum Gasteiger partial charge on any atom is -0.503 e. The van der Waals surface area contributed by atoms with E-state index in [0.717, 1.165) is 0 Å². The van der Waals surface area contributed by atoms with E-state index in [2.05, 4.69) is 31.0 Å². The summed E-state index contributed by atoms with van der Waals surface area (Å²) in [5.74, 6) is -0.477. The number of benzene rings is 1. The van der Waals surface area contributed by atoms with Crippen molar-refractivity contribution >= 4 is 33.5 Å². The molecular weight excluding hydrogens is 378 g/mol. The van der Waals surface area contributed by atoms with Gasteiger partial charge < -0.3 is 15.6 Å². The average molecular weight is 394 g/mol. The second kappa shape index (κ2) is 6.23. The van der Waals surface area contributed by atoms with Crippen LogP contribution in [0.3, 0.4) is 0 Å². The highest BCUT2D eigenvalue weighted by Crippen LogP contribution is 2.41. The molecule has 1 aromatic carbocycles. The molecule has 126 valence electrons. The summed E-state index contributed by atoms with van der Waals surface area (Å²) in [7, 11) is 0. The first-order valence-corrected chi connectivity index (χ1v) is 8.12. The molecule has 9 heteroatoms. The Kier molecular flexibility index (Phi) is 4.27. The lowest BCUT2D eigenvalue weighted by Crippen LogP contribution is -2.39. The van der Waals surface area contributed by atoms with E-state index < -0.39 is 17.9 Å². The normalized spacial score (nSPS) is 19.5. The van der Waals surface area contributed by atoms with Gasteiger partial charge in [0.15, 0.2) is 11.5 Å². The Balaban J connectivity index is 2.19. The minimum atomic E-state index is -0.676. The Labute approximate surface area is 146 Å². The number of hydrogen-bond donors (Lipinski definition) is 2. The van der Waals surface area contributed by atoms with E-state index in [4.69, 9.17) is 10.5 Å². The van der Waals surface area contributed by atoms with E-state index in [0.29, 0.717) is 34.1 Å². The van der Waals surface area contributed by atoms with Crippen LogP contribution in [0.2, 0.25) is 0 Å². The summed E-state index contributed by atoms with van der Waals surface area (Å²) in [6, 6.07) is 2.87. The standard InChI is InChI=1S/C15H16BrN5O3/c1-3-24-10-5-8(4-9(16)13(10)22)12-11(14(17)23)7(2)20-15-18-6-19-21(12)15/h4-6,11-12,22H,3H2,1-2H3,(H2,17,23). The second-order valence-electron chi connectivity index (χ2n) is 5.37. The Hall–Kier alpha value is -2.42. The number of ether oxygens (including phenoxy) is 1. The molecule has 1 aromatic heterocycles. The highest BCUT2D eigenvalue weighted by Gasteiger charge is 2.38. The number of amides is 1. The summed E-state index contributed by atoms with van der Waals surface area (Å²) in [6.45, 7) is 3.95. The Bertz CT molecular complexity index is 833. The third kappa shape index (κ3) is 2.64. The van der Waals surface area contributed by atoms with Crippen molar-refractivity contribution in [3.63, 3.8) is 0 Å². The van der Waals surface area contributed by atoms with Crippen LogP contribution in [0.4, 0.5) is 5.95 Å². The number of nitrogens with zero attached hydrogens (tertiary/aromatic N) is 4. The number of halogens is 1. The van der Waals surface area contributed by atoms with Crippen LogP contribution in [0.5, 0.6) is 11.5 Å². The van der Waals surface area contributed by atoms with E-state index in [1.165, 1.54) is 6.33 Å². The number of carbonyl (C=O) groups is 1. The number of hydrogen-bond acceptors (Lipinski definition) is 6. The van der Waals surface area contributed by atoms with Gasteiger partial charge in [0.05, 0.1) is 17.1 Å². The van der Waals surface area contributed by atoms with Crippen LogP contribution >= 0.6 is 15.9 Å². The van der Waals surface area contributed by atoms with E-state index in [1.807, 2.05) is 6.92 Å². The first kappa shape index (κ1) is 16.4. The van der Waals surface area contributed by atoms with Gasteiger partial charge in [-0.1, -0.05) is 0 Å². The molecule has 8 nitrogen and oxygen atoms in total. The summed E-state index contributed by atoms with van der Waals surface area (Å²) in [5.41, 5.74) is 6.87. The molecule has 1 amide bonds. The predicted octanol–water partition coefficient (Wildman–Crippen LogP) is 1.94. The van der Waals surface area contributed by atoms with E-state index >= 15 is 0 Å². The highest BCUT2D eigenvalue weighted by molar-refractivity contribution is 9.10. The third-order valence-corrected chi connectivity index (χ3v) is 4.46. The summed E-state index contributed by atoms with van der Waals surface area (Å²) in [6.07, 6.45) is 1.38. The maximum absolute atomic E-state index is 12.0. The first-order valence-electron chi connectivity index (χ1n) is 7.33. The summed E-state index contributed by atoms with van der Waals surface area (Å²) < 4.78 is 7.47. The summed E-state index contributed by atoms with van der Waals surface area (Å²) in [5, 5.41) is 14.3. The van der Waals surface area contributed by atoms with Crippen molar-refractivity contribution in [2.45, 2.75) is 19.9 Å². The number of phenols is 1. The lowest BCUT2D eigenvalue weighted by Gasteiger charge is -2.29. The van der Waals surface area contributed by atoms with Crippen molar-refractivity contribution in [1.82, 2.24) is 14.8 Å². The van der Waals surface area contributed by atoms with Crippen molar-refractivity contribution in [1.29, 1.82) is 0 Å². The van der Waals surface area contributed by atoms with Crippen molar-refractivity contribution in [3.05, 3.63) is 28.5 Å². The van der Waals surface area contributed by atoms with Crippen LogP contribution in [-0.2, 0) is 4.79 Å². The first-order chi connectivity index (χ1) is 11.4. The van der Waals surface area contributed by atoms with Gasteiger partial charge in [-0.2, -0.15) is 10.1 Å². The largest absolute Gasteiger partial charge is 0.503 e. The molecule has 2 aromatic rings. The molecule has 0 aliphatic carbocycles. The fraction of sp³-hybridized carbons (Fsp3) is 0.333. The fourth-order valence-corrected chi connectivity index (χ4v) is 3.30. The number of aliphatic imine (C=N–C) groups is 1. The Morgan fingerprint density at radius 3 is 2.92 bits per heavy atom. The molecule has 3 N–H and O–H groups in total. The molecule has 3 rings (SSSR count). The number of aromatic hydroxyl groups is 1. The Morgan fingerprint density at radius 1 is 1.50 bits per heavy atom. The van der Waals surface area contributed by atoms with E-state index in [-0.39, 0.29) is 5.75 Å². The zero-order chi connectivity index (χ0) is 17.4. The molecule has 0 fully saturated rings. The van der Waals surface area contributed by atoms with Gasteiger partial charge in [-0.25, -0.2) is 9.67 Å². The van der Waals surface area contributed by atoms with Crippen LogP contribution in [0.15, 0.2) is 27.9 Å². The van der Waals surface area contributed by atoms with E-state index in [9.17, 15) is 9.90 Å². The smallest absolute Gasteiger partial charge is 0.248 e. The van der Waals surface area contributed by atoms with Crippen molar-refractivity contribution in [3.8, 4) is 11.5 Å². The molecule has 0 saturated carbocycles. The number of carbonyl (C=O) groups excluding carboxylic acids is 1. The lowest BCUT2D eigenvalue weighted by atomic mass is 9.88. The second-order valence-corrected chi connectivity index (χ2v) is 6.22. The van der Waals surface area contributed by atoms with Gasteiger partial charge in [-0.15, -0.1) is 0 Å². The summed E-state index contributed by atoms with van der Waals surface area (Å²) >= 11 is 3.31. The number of phenolic OH excluding ortho intramolecular Hbond substituents is 1. The molecule has 1 aliphatic heterocycles. The summed E-state index contributed by atoms with van der Waals surface area (Å²) in [4.78, 5) is 20.4. The molecule has 0 saturated heterocycles. The van der Waals surface area contributed by atoms with Crippen molar-refractivity contribution in [2.24, 2.45) is 16.6 Å². The van der Waals surface area contributed by atoms with Gasteiger partial charge in [-0.05, 0) is 47.5 Å². The quantitative estimate of drug-likeness (QED) is 0.822. The lowest BCUT2D eigenvalue weighted by molar-refractivity contribution is -0.120. The zero-order valence-electron chi connectivity index (χ0n) is 13.1. The average Bonchev–Trinajstić information content (AvgIpc) is 2.97. The monoisotopic (exact) mass is 393 g/mol. The van der Waals surface area contributed by atoms with Crippen LogP contribution in [-0.4, -0.2) is 38.1 Å². The van der Waals surface area contributed by atoms with E-state index in [1.54, 1.807) is 23.7 Å². The van der Waals surface area contributed by atoms with Gasteiger partial charge in [0.2, 0.25) is 11.9 Å². The molecule has 0 bridgehead atoms. The van der Waals surface area contributed by atoms with Gasteiger partial charge in [0, 0.05) is 5.71 Å². The molecule has 24 heavy (non-hydrogen) atoms. The molecule has 0 radical (unpaired) electrons. The number of nitrogens with two attached hydrogens (primary N) is 1. The fourth-order valence-electron chi connectivity index (χ4n) is 2.84. The van der Waals surface area contributed by atoms with Crippen LogP contribution in [0.1, 0.15) is 25.5 Å². The number of fused-ring (bicyclic) bond motifs is 1. The number of primary amides is 1. The molecular formula is C15H16BrN5O3. The number of rotatable bonds is 4.